The van der Waals surface area contributed by atoms with E-state index in [1.54, 1.807) is 31.2 Å². The summed E-state index contributed by atoms with van der Waals surface area (Å²) in [5.41, 5.74) is 6.10. The van der Waals surface area contributed by atoms with Gasteiger partial charge in [0.05, 0.1) is 13.2 Å². The number of hydrogen-bond donors (Lipinski definition) is 1. The first-order valence-corrected chi connectivity index (χ1v) is 6.26. The van der Waals surface area contributed by atoms with Crippen molar-refractivity contribution in [3.05, 3.63) is 29.8 Å². The number of carbonyl (C=O) groups excluding carboxylic acids is 2. The van der Waals surface area contributed by atoms with Crippen molar-refractivity contribution in [2.45, 2.75) is 26.3 Å². The second kappa shape index (κ2) is 7.53. The van der Waals surface area contributed by atoms with Gasteiger partial charge in [0.25, 0.3) is 0 Å². The van der Waals surface area contributed by atoms with Crippen LogP contribution in [0.5, 0.6) is 5.75 Å². The fourth-order valence-corrected chi connectivity index (χ4v) is 1.55. The quantitative estimate of drug-likeness (QED) is 0.597. The lowest BCUT2D eigenvalue weighted by Crippen LogP contribution is -2.34. The van der Waals surface area contributed by atoms with Gasteiger partial charge in [-0.3, -0.25) is 9.59 Å². The number of ketones is 1. The molecule has 0 saturated heterocycles. The Kier molecular flexibility index (Phi) is 6.02. The molecule has 2 N–H and O–H groups in total. The van der Waals surface area contributed by atoms with E-state index in [1.165, 1.54) is 0 Å². The second-order valence-corrected chi connectivity index (χ2v) is 3.94. The Balaban J connectivity index is 2.60. The molecule has 0 aromatic heterocycles. The molecule has 1 aromatic carbocycles. The zero-order chi connectivity index (χ0) is 14.3. The van der Waals surface area contributed by atoms with Crippen molar-refractivity contribution >= 4 is 11.8 Å². The fourth-order valence-electron chi connectivity index (χ4n) is 1.55. The van der Waals surface area contributed by atoms with E-state index in [-0.39, 0.29) is 18.8 Å². The van der Waals surface area contributed by atoms with Crippen molar-refractivity contribution in [1.29, 1.82) is 0 Å². The van der Waals surface area contributed by atoms with Gasteiger partial charge in [0.15, 0.2) is 5.78 Å². The summed E-state index contributed by atoms with van der Waals surface area (Å²) in [5.74, 6) is -0.0425. The molecule has 5 nitrogen and oxygen atoms in total. The molecular formula is C14H19NO4. The topological polar surface area (TPSA) is 78.6 Å². The molecule has 0 heterocycles. The lowest BCUT2D eigenvalue weighted by Gasteiger charge is -2.10. The van der Waals surface area contributed by atoms with Crippen LogP contribution in [0.25, 0.3) is 0 Å². The highest BCUT2D eigenvalue weighted by Crippen LogP contribution is 2.14. The number of hydrogen-bond acceptors (Lipinski definition) is 5. The Bertz CT molecular complexity index is 428. The zero-order valence-electron chi connectivity index (χ0n) is 11.2. The summed E-state index contributed by atoms with van der Waals surface area (Å²) in [6, 6.07) is 5.83. The van der Waals surface area contributed by atoms with Gasteiger partial charge in [-0.05, 0) is 38.1 Å². The van der Waals surface area contributed by atoms with Crippen molar-refractivity contribution in [2.24, 2.45) is 5.73 Å². The van der Waals surface area contributed by atoms with E-state index >= 15 is 0 Å². The summed E-state index contributed by atoms with van der Waals surface area (Å²) in [5, 5.41) is 0. The number of Topliss-reactive ketones (excluding diaryl/α,β-unsaturated/α-hetero) is 1. The predicted molar refractivity (Wildman–Crippen MR) is 71.2 cm³/mol. The molecule has 1 atom stereocenters. The van der Waals surface area contributed by atoms with Gasteiger partial charge in [0.1, 0.15) is 11.8 Å². The molecule has 0 fully saturated rings. The van der Waals surface area contributed by atoms with Crippen molar-refractivity contribution in [1.82, 2.24) is 0 Å². The monoisotopic (exact) mass is 265 g/mol. The van der Waals surface area contributed by atoms with Gasteiger partial charge in [0.2, 0.25) is 0 Å². The maximum Gasteiger partial charge on any atom is 0.323 e. The third kappa shape index (κ3) is 4.71. The van der Waals surface area contributed by atoms with Crippen LogP contribution in [-0.4, -0.2) is 31.0 Å². The van der Waals surface area contributed by atoms with E-state index in [9.17, 15) is 9.59 Å². The van der Waals surface area contributed by atoms with Gasteiger partial charge < -0.3 is 15.2 Å². The molecule has 0 aliphatic rings. The van der Waals surface area contributed by atoms with Crippen LogP contribution in [0.3, 0.4) is 0 Å². The van der Waals surface area contributed by atoms with Crippen LogP contribution in [0.1, 0.15) is 30.6 Å². The molecule has 0 spiro atoms. The maximum atomic E-state index is 11.9. The summed E-state index contributed by atoms with van der Waals surface area (Å²) >= 11 is 0. The molecule has 104 valence electrons. The van der Waals surface area contributed by atoms with Gasteiger partial charge >= 0.3 is 5.97 Å². The molecular weight excluding hydrogens is 246 g/mol. The molecule has 19 heavy (non-hydrogen) atoms. The molecule has 1 aromatic rings. The first-order chi connectivity index (χ1) is 9.08. The van der Waals surface area contributed by atoms with Crippen molar-refractivity contribution in [3.8, 4) is 5.75 Å². The average molecular weight is 265 g/mol. The Hall–Kier alpha value is -1.88. The van der Waals surface area contributed by atoms with E-state index in [1.807, 2.05) is 6.92 Å². The van der Waals surface area contributed by atoms with E-state index in [0.29, 0.717) is 17.9 Å². The van der Waals surface area contributed by atoms with E-state index < -0.39 is 12.0 Å². The standard InChI is InChI=1S/C14H19NO4/c1-3-18-11-7-5-10(6-8-11)13(16)9-12(15)14(17)19-4-2/h5-8,12H,3-4,9,15H2,1-2H3. The maximum absolute atomic E-state index is 11.9. The molecule has 0 radical (unpaired) electrons. The normalized spacial score (nSPS) is 11.7. The SMILES string of the molecule is CCOC(=O)C(N)CC(=O)c1ccc(OCC)cc1. The highest BCUT2D eigenvalue weighted by Gasteiger charge is 2.19. The molecule has 1 rings (SSSR count). The van der Waals surface area contributed by atoms with Crippen LogP contribution < -0.4 is 10.5 Å². The summed E-state index contributed by atoms with van der Waals surface area (Å²) in [6.45, 7) is 4.40. The Morgan fingerprint density at radius 1 is 1.16 bits per heavy atom. The van der Waals surface area contributed by atoms with Gasteiger partial charge in [-0.25, -0.2) is 0 Å². The van der Waals surface area contributed by atoms with Crippen LogP contribution >= 0.6 is 0 Å². The molecule has 0 aliphatic heterocycles. The smallest absolute Gasteiger partial charge is 0.323 e. The van der Waals surface area contributed by atoms with Crippen LogP contribution in [0, 0.1) is 0 Å². The van der Waals surface area contributed by atoms with Gasteiger partial charge in [0, 0.05) is 12.0 Å². The molecule has 0 amide bonds. The molecule has 0 saturated carbocycles. The van der Waals surface area contributed by atoms with E-state index in [0.717, 1.165) is 0 Å². The average Bonchev–Trinajstić information content (AvgIpc) is 2.40. The summed E-state index contributed by atoms with van der Waals surface area (Å²) in [6.07, 6.45) is -0.0627. The molecule has 1 unspecified atom stereocenters. The van der Waals surface area contributed by atoms with Crippen molar-refractivity contribution in [3.63, 3.8) is 0 Å². The third-order valence-corrected chi connectivity index (χ3v) is 2.48. The number of ether oxygens (including phenoxy) is 2. The number of rotatable bonds is 7. The summed E-state index contributed by atoms with van der Waals surface area (Å²) in [7, 11) is 0. The second-order valence-electron chi connectivity index (χ2n) is 3.94. The van der Waals surface area contributed by atoms with Crippen molar-refractivity contribution < 1.29 is 19.1 Å². The summed E-state index contributed by atoms with van der Waals surface area (Å²) in [4.78, 5) is 23.2. The predicted octanol–water partition coefficient (Wildman–Crippen LogP) is 1.55. The molecule has 0 aliphatic carbocycles. The van der Waals surface area contributed by atoms with Crippen LogP contribution in [0.4, 0.5) is 0 Å². The largest absolute Gasteiger partial charge is 0.494 e. The zero-order valence-corrected chi connectivity index (χ0v) is 11.2. The number of carbonyl (C=O) groups is 2. The van der Waals surface area contributed by atoms with E-state index in [2.05, 4.69) is 0 Å². The third-order valence-electron chi connectivity index (χ3n) is 2.48. The Morgan fingerprint density at radius 3 is 2.32 bits per heavy atom. The van der Waals surface area contributed by atoms with Crippen LogP contribution in [0.15, 0.2) is 24.3 Å². The summed E-state index contributed by atoms with van der Waals surface area (Å²) < 4.78 is 10.0. The minimum Gasteiger partial charge on any atom is -0.494 e. The molecule has 0 bridgehead atoms. The minimum absolute atomic E-state index is 0.0627. The number of benzene rings is 1. The lowest BCUT2D eigenvalue weighted by molar-refractivity contribution is -0.144. The fraction of sp³-hybridized carbons (Fsp3) is 0.429. The lowest BCUT2D eigenvalue weighted by atomic mass is 10.0. The van der Waals surface area contributed by atoms with Crippen LogP contribution in [-0.2, 0) is 9.53 Å². The highest BCUT2D eigenvalue weighted by molar-refractivity contribution is 5.98. The molecule has 5 heteroatoms. The number of nitrogens with two attached hydrogens (primary N) is 1. The Morgan fingerprint density at radius 2 is 1.79 bits per heavy atom. The number of esters is 1. The first kappa shape index (κ1) is 15.2. The Labute approximate surface area is 112 Å². The van der Waals surface area contributed by atoms with Gasteiger partial charge in [-0.1, -0.05) is 0 Å². The first-order valence-electron chi connectivity index (χ1n) is 6.26. The van der Waals surface area contributed by atoms with Gasteiger partial charge in [-0.15, -0.1) is 0 Å². The van der Waals surface area contributed by atoms with Crippen LogP contribution in [0.2, 0.25) is 0 Å². The highest BCUT2D eigenvalue weighted by atomic mass is 16.5. The van der Waals surface area contributed by atoms with E-state index in [4.69, 9.17) is 15.2 Å². The van der Waals surface area contributed by atoms with Crippen molar-refractivity contribution in [2.75, 3.05) is 13.2 Å². The minimum atomic E-state index is -0.918. The van der Waals surface area contributed by atoms with Gasteiger partial charge in [-0.2, -0.15) is 0 Å².